The normalized spacial score (nSPS) is 19.8. The van der Waals surface area contributed by atoms with E-state index in [1.54, 1.807) is 0 Å². The second-order valence-electron chi connectivity index (χ2n) is 8.33. The van der Waals surface area contributed by atoms with Crippen molar-refractivity contribution in [3.63, 3.8) is 0 Å². The number of aryl methyl sites for hydroxylation is 1. The number of anilines is 2. The lowest BCUT2D eigenvalue weighted by molar-refractivity contribution is 0.1000. The molecule has 0 spiro atoms. The van der Waals surface area contributed by atoms with E-state index in [0.29, 0.717) is 10.3 Å². The van der Waals surface area contributed by atoms with Gasteiger partial charge in [-0.1, -0.05) is 24.1 Å². The van der Waals surface area contributed by atoms with Gasteiger partial charge in [0.15, 0.2) is 0 Å². The largest absolute Gasteiger partial charge is 0.365 e. The Labute approximate surface area is 171 Å². The Morgan fingerprint density at radius 3 is 2.48 bits per heavy atom. The van der Waals surface area contributed by atoms with E-state index in [9.17, 15) is 4.79 Å². The molecular weight excluding hydrogens is 369 g/mol. The molecule has 0 aliphatic heterocycles. The molecule has 1 aromatic heterocycles. The maximum Gasteiger partial charge on any atom is 0.265 e. The van der Waals surface area contributed by atoms with Crippen molar-refractivity contribution in [1.82, 2.24) is 14.8 Å². The SMILES string of the molecule is CNC1CCCCC1[N+](C)(C)c1nc(Nc2ccc(C)cc2)c(C(N)=O)cc1F. The topological polar surface area (TPSA) is 80.0 Å². The number of nitrogens with two attached hydrogens (primary N) is 1. The Morgan fingerprint density at radius 1 is 1.21 bits per heavy atom. The third-order valence-corrected chi connectivity index (χ3v) is 6.01. The lowest BCUT2D eigenvalue weighted by Crippen LogP contribution is -2.60. The molecule has 1 saturated carbocycles. The molecule has 156 valence electrons. The summed E-state index contributed by atoms with van der Waals surface area (Å²) in [6, 6.07) is 9.36. The summed E-state index contributed by atoms with van der Waals surface area (Å²) >= 11 is 0. The van der Waals surface area contributed by atoms with Gasteiger partial charge in [-0.2, -0.15) is 9.37 Å². The fourth-order valence-electron chi connectivity index (χ4n) is 4.32. The van der Waals surface area contributed by atoms with Gasteiger partial charge < -0.3 is 16.4 Å². The molecule has 6 nitrogen and oxygen atoms in total. The van der Waals surface area contributed by atoms with Gasteiger partial charge in [0.1, 0.15) is 11.9 Å². The van der Waals surface area contributed by atoms with E-state index in [2.05, 4.69) is 15.6 Å². The number of rotatable bonds is 6. The molecule has 1 aliphatic rings. The van der Waals surface area contributed by atoms with E-state index in [1.807, 2.05) is 52.3 Å². The lowest BCUT2D eigenvalue weighted by atomic mass is 9.88. The minimum absolute atomic E-state index is 0.0423. The van der Waals surface area contributed by atoms with Crippen molar-refractivity contribution >= 4 is 23.2 Å². The van der Waals surface area contributed by atoms with Crippen LogP contribution in [0.4, 0.5) is 21.7 Å². The maximum absolute atomic E-state index is 15.1. The summed E-state index contributed by atoms with van der Waals surface area (Å²) in [6.07, 6.45) is 4.31. The van der Waals surface area contributed by atoms with Crippen LogP contribution in [-0.2, 0) is 0 Å². The highest BCUT2D eigenvalue weighted by molar-refractivity contribution is 5.98. The summed E-state index contributed by atoms with van der Waals surface area (Å²) in [5.41, 5.74) is 7.43. The number of quaternary nitrogens is 1. The zero-order valence-electron chi connectivity index (χ0n) is 17.6. The van der Waals surface area contributed by atoms with E-state index >= 15 is 4.39 Å². The molecule has 1 amide bonds. The maximum atomic E-state index is 15.1. The molecular formula is C22H31FN5O+. The van der Waals surface area contributed by atoms with Crippen molar-refractivity contribution in [2.75, 3.05) is 26.5 Å². The molecule has 2 unspecified atom stereocenters. The molecule has 4 N–H and O–H groups in total. The Hall–Kier alpha value is -2.51. The molecule has 7 heteroatoms. The van der Waals surface area contributed by atoms with Crippen molar-refractivity contribution in [1.29, 1.82) is 0 Å². The number of benzene rings is 1. The highest BCUT2D eigenvalue weighted by atomic mass is 19.1. The average molecular weight is 401 g/mol. The molecule has 0 saturated heterocycles. The molecule has 2 atom stereocenters. The first-order valence-corrected chi connectivity index (χ1v) is 10.1. The fraction of sp³-hybridized carbons (Fsp3) is 0.455. The molecule has 1 aromatic carbocycles. The molecule has 0 bridgehead atoms. The van der Waals surface area contributed by atoms with Crippen LogP contribution >= 0.6 is 0 Å². The minimum atomic E-state index is -0.714. The van der Waals surface area contributed by atoms with E-state index in [1.165, 1.54) is 12.5 Å². The standard InChI is InChI=1S/C22H30FN5O/c1-14-9-11-15(12-10-14)26-21-16(20(24)29)13-17(23)22(27-21)28(3,4)19-8-6-5-7-18(19)25-2/h9-13,18-19,25H,5-8H2,1-4H3,(H2-,24,26,27,29)/p+1. The van der Waals surface area contributed by atoms with Crippen molar-refractivity contribution in [2.24, 2.45) is 5.73 Å². The number of carbonyl (C=O) groups excluding carboxylic acids is 1. The number of nitrogens with zero attached hydrogens (tertiary/aromatic N) is 2. The Morgan fingerprint density at radius 2 is 1.86 bits per heavy atom. The third-order valence-electron chi connectivity index (χ3n) is 6.01. The summed E-state index contributed by atoms with van der Waals surface area (Å²) in [4.78, 5) is 16.5. The van der Waals surface area contributed by atoms with Crippen LogP contribution in [0, 0.1) is 12.7 Å². The van der Waals surface area contributed by atoms with Gasteiger partial charge in [0.05, 0.1) is 25.7 Å². The summed E-state index contributed by atoms with van der Waals surface area (Å²) in [5, 5.41) is 6.53. The first kappa shape index (κ1) is 21.2. The lowest BCUT2D eigenvalue weighted by Gasteiger charge is -2.43. The number of hydrogen-bond donors (Lipinski definition) is 3. The minimum Gasteiger partial charge on any atom is -0.365 e. The van der Waals surface area contributed by atoms with Crippen LogP contribution in [0.5, 0.6) is 0 Å². The quantitative estimate of drug-likeness (QED) is 0.649. The summed E-state index contributed by atoms with van der Waals surface area (Å²) in [5.74, 6) is -0.648. The average Bonchev–Trinajstić information content (AvgIpc) is 2.70. The smallest absolute Gasteiger partial charge is 0.265 e. The van der Waals surface area contributed by atoms with E-state index in [4.69, 9.17) is 5.73 Å². The molecule has 3 rings (SSSR count). The van der Waals surface area contributed by atoms with Crippen molar-refractivity contribution in [2.45, 2.75) is 44.7 Å². The van der Waals surface area contributed by atoms with Gasteiger partial charge in [-0.15, -0.1) is 0 Å². The van der Waals surface area contributed by atoms with Gasteiger partial charge in [0, 0.05) is 12.1 Å². The van der Waals surface area contributed by atoms with Crippen molar-refractivity contribution in [3.8, 4) is 0 Å². The van der Waals surface area contributed by atoms with Gasteiger partial charge >= 0.3 is 0 Å². The predicted octanol–water partition coefficient (Wildman–Crippen LogP) is 3.47. The van der Waals surface area contributed by atoms with Crippen LogP contribution < -0.4 is 20.9 Å². The zero-order chi connectivity index (χ0) is 21.2. The van der Waals surface area contributed by atoms with E-state index in [-0.39, 0.29) is 23.5 Å². The molecule has 1 heterocycles. The van der Waals surface area contributed by atoms with Crippen LogP contribution in [0.15, 0.2) is 30.3 Å². The van der Waals surface area contributed by atoms with Crippen LogP contribution in [0.3, 0.4) is 0 Å². The summed E-state index contributed by atoms with van der Waals surface area (Å²) < 4.78 is 15.4. The molecule has 0 radical (unpaired) electrons. The second-order valence-corrected chi connectivity index (χ2v) is 8.33. The second kappa shape index (κ2) is 8.47. The number of hydrogen-bond acceptors (Lipinski definition) is 4. The van der Waals surface area contributed by atoms with E-state index in [0.717, 1.165) is 30.5 Å². The molecule has 2 aromatic rings. The van der Waals surface area contributed by atoms with Gasteiger partial charge in [0.2, 0.25) is 5.82 Å². The third kappa shape index (κ3) is 4.41. The van der Waals surface area contributed by atoms with Gasteiger partial charge in [0.25, 0.3) is 11.7 Å². The Balaban J connectivity index is 2.04. The highest BCUT2D eigenvalue weighted by Crippen LogP contribution is 2.34. The number of primary amides is 1. The summed E-state index contributed by atoms with van der Waals surface area (Å²) in [7, 11) is 5.91. The number of pyridine rings is 1. The highest BCUT2D eigenvalue weighted by Gasteiger charge is 2.41. The van der Waals surface area contributed by atoms with E-state index < -0.39 is 11.7 Å². The van der Waals surface area contributed by atoms with Gasteiger partial charge in [-0.25, -0.2) is 0 Å². The number of nitrogens with one attached hydrogen (secondary N) is 2. The first-order valence-electron chi connectivity index (χ1n) is 10.1. The van der Waals surface area contributed by atoms with Crippen molar-refractivity contribution in [3.05, 3.63) is 47.3 Å². The monoisotopic (exact) mass is 400 g/mol. The van der Waals surface area contributed by atoms with Crippen molar-refractivity contribution < 1.29 is 9.18 Å². The first-order chi connectivity index (χ1) is 13.7. The number of carbonyl (C=O) groups is 1. The molecule has 1 fully saturated rings. The van der Waals surface area contributed by atoms with Gasteiger partial charge in [-0.3, -0.25) is 9.28 Å². The van der Waals surface area contributed by atoms with Crippen LogP contribution in [0.2, 0.25) is 0 Å². The number of likely N-dealkylation sites (N-methyl/N-ethyl adjacent to an activating group) is 2. The van der Waals surface area contributed by atoms with Crippen LogP contribution in [0.25, 0.3) is 0 Å². The Kier molecular flexibility index (Phi) is 6.19. The predicted molar refractivity (Wildman–Crippen MR) is 116 cm³/mol. The molecule has 1 aliphatic carbocycles. The van der Waals surface area contributed by atoms with Crippen LogP contribution in [0.1, 0.15) is 41.6 Å². The number of amides is 1. The molecule has 29 heavy (non-hydrogen) atoms. The summed E-state index contributed by atoms with van der Waals surface area (Å²) in [6.45, 7) is 2.00. The number of aromatic nitrogens is 1. The Bertz CT molecular complexity index is 882. The van der Waals surface area contributed by atoms with Gasteiger partial charge in [-0.05, 0) is 45.0 Å². The zero-order valence-corrected chi connectivity index (χ0v) is 17.6. The number of halogens is 1. The van der Waals surface area contributed by atoms with Crippen LogP contribution in [-0.4, -0.2) is 44.1 Å². The fourth-order valence-corrected chi connectivity index (χ4v) is 4.32.